The quantitative estimate of drug-likeness (QED) is 0.370. The van der Waals surface area contributed by atoms with Crippen LogP contribution in [-0.4, -0.2) is 30.5 Å². The molecule has 0 amide bonds. The average Bonchev–Trinajstić information content (AvgIpc) is 3.02. The van der Waals surface area contributed by atoms with Gasteiger partial charge in [-0.2, -0.15) is 0 Å². The number of hydrogen-bond donors (Lipinski definition) is 2. The fraction of sp³-hybridized carbons (Fsp3) is 0.286. The van der Waals surface area contributed by atoms with E-state index in [-0.39, 0.29) is 0 Å². The first-order valence-electron chi connectivity index (χ1n) is 6.50. The van der Waals surface area contributed by atoms with Crippen LogP contribution in [0.3, 0.4) is 0 Å². The highest BCUT2D eigenvalue weighted by Gasteiger charge is 2.00. The lowest BCUT2D eigenvalue weighted by Crippen LogP contribution is -2.38. The molecule has 0 aliphatic rings. The van der Waals surface area contributed by atoms with E-state index >= 15 is 0 Å². The minimum atomic E-state index is 0.584. The van der Waals surface area contributed by atoms with E-state index in [2.05, 4.69) is 20.8 Å². The molecule has 2 aromatic rings. The average molecular weight is 325 g/mol. The lowest BCUT2D eigenvalue weighted by Gasteiger charge is -2.10. The summed E-state index contributed by atoms with van der Waals surface area (Å²) >= 11 is 7.62. The lowest BCUT2D eigenvalue weighted by atomic mass is 10.4. The highest BCUT2D eigenvalue weighted by atomic mass is 35.5. The Kier molecular flexibility index (Phi) is 6.43. The molecule has 7 heteroatoms. The van der Waals surface area contributed by atoms with Gasteiger partial charge in [-0.05, 0) is 24.3 Å². The first kappa shape index (κ1) is 15.7. The van der Waals surface area contributed by atoms with Gasteiger partial charge in [0.05, 0.1) is 6.54 Å². The molecule has 0 spiro atoms. The zero-order valence-electron chi connectivity index (χ0n) is 11.7. The lowest BCUT2D eigenvalue weighted by molar-refractivity contribution is 0.410. The molecule has 1 aromatic heterocycles. The van der Waals surface area contributed by atoms with Crippen molar-refractivity contribution in [3.05, 3.63) is 47.3 Å². The number of rotatable bonds is 6. The summed E-state index contributed by atoms with van der Waals surface area (Å²) < 4.78 is 4.77. The minimum Gasteiger partial charge on any atom is -0.364 e. The number of aromatic nitrogens is 1. The van der Waals surface area contributed by atoms with Gasteiger partial charge in [0.25, 0.3) is 0 Å². The van der Waals surface area contributed by atoms with Crippen LogP contribution in [0.1, 0.15) is 5.69 Å². The van der Waals surface area contributed by atoms with Gasteiger partial charge < -0.3 is 15.2 Å². The highest BCUT2D eigenvalue weighted by molar-refractivity contribution is 7.99. The van der Waals surface area contributed by atoms with Crippen LogP contribution in [0.4, 0.5) is 0 Å². The Balaban J connectivity index is 1.65. The molecule has 5 nitrogen and oxygen atoms in total. The number of thioether (sulfide) groups is 1. The Morgan fingerprint density at radius 2 is 2.10 bits per heavy atom. The van der Waals surface area contributed by atoms with Gasteiger partial charge in [-0.3, -0.25) is 4.99 Å². The van der Waals surface area contributed by atoms with E-state index in [9.17, 15) is 0 Å². The molecular weight excluding hydrogens is 308 g/mol. The predicted octanol–water partition coefficient (Wildman–Crippen LogP) is 2.79. The van der Waals surface area contributed by atoms with Crippen molar-refractivity contribution in [3.63, 3.8) is 0 Å². The first-order valence-corrected chi connectivity index (χ1v) is 7.86. The van der Waals surface area contributed by atoms with E-state index < -0.39 is 0 Å². The van der Waals surface area contributed by atoms with Crippen LogP contribution in [0.25, 0.3) is 0 Å². The van der Waals surface area contributed by atoms with Gasteiger partial charge in [-0.25, -0.2) is 0 Å². The summed E-state index contributed by atoms with van der Waals surface area (Å²) in [5, 5.41) is 11.0. The smallest absolute Gasteiger partial charge is 0.191 e. The zero-order valence-corrected chi connectivity index (χ0v) is 13.2. The highest BCUT2D eigenvalue weighted by Crippen LogP contribution is 2.19. The number of guanidine groups is 1. The summed E-state index contributed by atoms with van der Waals surface area (Å²) in [6.07, 6.45) is 1.55. The molecule has 1 aromatic carbocycles. The standard InChI is InChI=1S/C14H17ClN4OS/c1-16-14(18-10-12-6-8-20-19-12)17-7-9-21-13-4-2-11(15)3-5-13/h2-6,8H,7,9-10H2,1H3,(H2,16,17,18). The summed E-state index contributed by atoms with van der Waals surface area (Å²) in [6, 6.07) is 9.65. The number of hydrogen-bond acceptors (Lipinski definition) is 4. The van der Waals surface area contributed by atoms with Crippen LogP contribution in [0.5, 0.6) is 0 Å². The van der Waals surface area contributed by atoms with Crippen LogP contribution in [-0.2, 0) is 6.54 Å². The van der Waals surface area contributed by atoms with Crippen molar-refractivity contribution in [1.82, 2.24) is 15.8 Å². The molecule has 112 valence electrons. The number of nitrogens with zero attached hydrogens (tertiary/aromatic N) is 2. The molecule has 21 heavy (non-hydrogen) atoms. The van der Waals surface area contributed by atoms with Gasteiger partial charge in [0.1, 0.15) is 12.0 Å². The summed E-state index contributed by atoms with van der Waals surface area (Å²) in [5.74, 6) is 1.68. The molecule has 0 atom stereocenters. The van der Waals surface area contributed by atoms with Crippen molar-refractivity contribution in [3.8, 4) is 0 Å². The number of nitrogens with one attached hydrogen (secondary N) is 2. The van der Waals surface area contributed by atoms with Gasteiger partial charge in [-0.15, -0.1) is 11.8 Å². The second kappa shape index (κ2) is 8.59. The van der Waals surface area contributed by atoms with E-state index in [0.29, 0.717) is 6.54 Å². The van der Waals surface area contributed by atoms with E-state index in [1.807, 2.05) is 30.3 Å². The molecule has 0 aliphatic heterocycles. The second-order valence-electron chi connectivity index (χ2n) is 4.15. The Labute approximate surface area is 133 Å². The molecule has 1 heterocycles. The molecule has 0 aliphatic carbocycles. The predicted molar refractivity (Wildman–Crippen MR) is 86.9 cm³/mol. The van der Waals surface area contributed by atoms with E-state index in [4.69, 9.17) is 16.1 Å². The molecule has 2 N–H and O–H groups in total. The fourth-order valence-electron chi connectivity index (χ4n) is 1.59. The van der Waals surface area contributed by atoms with Crippen LogP contribution < -0.4 is 10.6 Å². The third-order valence-electron chi connectivity index (χ3n) is 2.63. The molecule has 0 saturated carbocycles. The van der Waals surface area contributed by atoms with Crippen LogP contribution in [0.15, 0.2) is 51.0 Å². The summed E-state index contributed by atoms with van der Waals surface area (Å²) in [4.78, 5) is 5.35. The topological polar surface area (TPSA) is 62.5 Å². The van der Waals surface area contributed by atoms with Crippen LogP contribution in [0.2, 0.25) is 5.02 Å². The maximum atomic E-state index is 5.85. The molecular formula is C14H17ClN4OS. The van der Waals surface area contributed by atoms with Gasteiger partial charge in [0, 0.05) is 35.3 Å². The molecule has 0 fully saturated rings. The fourth-order valence-corrected chi connectivity index (χ4v) is 2.49. The molecule has 0 bridgehead atoms. The largest absolute Gasteiger partial charge is 0.364 e. The Hall–Kier alpha value is -1.66. The monoisotopic (exact) mass is 324 g/mol. The maximum absolute atomic E-state index is 5.85. The normalized spacial score (nSPS) is 11.4. The van der Waals surface area contributed by atoms with E-state index in [0.717, 1.165) is 29.0 Å². The SMILES string of the molecule is CN=C(NCCSc1ccc(Cl)cc1)NCc1ccon1. The molecule has 0 unspecified atom stereocenters. The van der Waals surface area contributed by atoms with Gasteiger partial charge in [0.2, 0.25) is 0 Å². The Morgan fingerprint density at radius 1 is 1.29 bits per heavy atom. The van der Waals surface area contributed by atoms with Crippen LogP contribution >= 0.6 is 23.4 Å². The third-order valence-corrected chi connectivity index (χ3v) is 3.89. The molecule has 2 rings (SSSR count). The van der Waals surface area contributed by atoms with Crippen molar-refractivity contribution in [2.75, 3.05) is 19.3 Å². The van der Waals surface area contributed by atoms with Crippen molar-refractivity contribution in [2.45, 2.75) is 11.4 Å². The summed E-state index contributed by atoms with van der Waals surface area (Å²) in [6.45, 7) is 1.40. The van der Waals surface area contributed by atoms with Crippen molar-refractivity contribution < 1.29 is 4.52 Å². The first-order chi connectivity index (χ1) is 10.3. The third kappa shape index (κ3) is 5.69. The van der Waals surface area contributed by atoms with Crippen molar-refractivity contribution in [1.29, 1.82) is 0 Å². The van der Waals surface area contributed by atoms with Crippen LogP contribution in [0, 0.1) is 0 Å². The van der Waals surface area contributed by atoms with Gasteiger partial charge in [0.15, 0.2) is 5.96 Å². The van der Waals surface area contributed by atoms with Crippen molar-refractivity contribution in [2.24, 2.45) is 4.99 Å². The maximum Gasteiger partial charge on any atom is 0.191 e. The summed E-state index contributed by atoms with van der Waals surface area (Å²) in [7, 11) is 1.74. The van der Waals surface area contributed by atoms with Crippen molar-refractivity contribution >= 4 is 29.3 Å². The van der Waals surface area contributed by atoms with E-state index in [1.165, 1.54) is 4.90 Å². The Bertz CT molecular complexity index is 557. The molecule has 0 radical (unpaired) electrons. The number of benzene rings is 1. The zero-order chi connectivity index (χ0) is 14.9. The number of halogens is 1. The molecule has 0 saturated heterocycles. The Morgan fingerprint density at radius 3 is 2.76 bits per heavy atom. The summed E-state index contributed by atoms with van der Waals surface area (Å²) in [5.41, 5.74) is 0.841. The van der Waals surface area contributed by atoms with Gasteiger partial charge >= 0.3 is 0 Å². The second-order valence-corrected chi connectivity index (χ2v) is 5.75. The van der Waals surface area contributed by atoms with Gasteiger partial charge in [-0.1, -0.05) is 16.8 Å². The van der Waals surface area contributed by atoms with E-state index in [1.54, 1.807) is 25.1 Å². The number of aliphatic imine (C=N–C) groups is 1. The minimum absolute atomic E-state index is 0.584.